The van der Waals surface area contributed by atoms with Crippen LogP contribution in [-0.4, -0.2) is 6.10 Å². The Morgan fingerprint density at radius 2 is 1.48 bits per heavy atom. The molecule has 1 aliphatic carbocycles. The molecule has 1 aliphatic rings. The SMILES string of the molecule is Cc1cc(C)c(-c2cccc(OC3CCCCC3)c2Br)c(C)c1-c1ccccc1. The molecular weight excluding hydrogens is 420 g/mol. The largest absolute Gasteiger partial charge is 0.489 e. The molecule has 0 radical (unpaired) electrons. The number of rotatable bonds is 4. The molecule has 3 aromatic carbocycles. The molecule has 2 heteroatoms. The van der Waals surface area contributed by atoms with Crippen molar-refractivity contribution >= 4 is 15.9 Å². The highest BCUT2D eigenvalue weighted by Crippen LogP contribution is 2.43. The van der Waals surface area contributed by atoms with Gasteiger partial charge in [-0.1, -0.05) is 55.0 Å². The van der Waals surface area contributed by atoms with Crippen LogP contribution in [0, 0.1) is 20.8 Å². The van der Waals surface area contributed by atoms with Crippen LogP contribution in [0.1, 0.15) is 48.8 Å². The summed E-state index contributed by atoms with van der Waals surface area (Å²) >= 11 is 3.89. The van der Waals surface area contributed by atoms with E-state index >= 15 is 0 Å². The Kier molecular flexibility index (Phi) is 6.10. The fourth-order valence-corrected chi connectivity index (χ4v) is 5.36. The Hall–Kier alpha value is -2.06. The highest BCUT2D eigenvalue weighted by Gasteiger charge is 2.20. The number of hydrogen-bond acceptors (Lipinski definition) is 1. The molecule has 1 saturated carbocycles. The Labute approximate surface area is 183 Å². The second-order valence-electron chi connectivity index (χ2n) is 8.25. The van der Waals surface area contributed by atoms with E-state index in [0.29, 0.717) is 6.10 Å². The molecule has 150 valence electrons. The van der Waals surface area contributed by atoms with Crippen LogP contribution >= 0.6 is 15.9 Å². The number of aryl methyl sites for hydroxylation is 2. The Balaban J connectivity index is 1.80. The summed E-state index contributed by atoms with van der Waals surface area (Å²) in [7, 11) is 0. The van der Waals surface area contributed by atoms with Crippen molar-refractivity contribution in [2.24, 2.45) is 0 Å². The Morgan fingerprint density at radius 3 is 2.21 bits per heavy atom. The maximum atomic E-state index is 6.42. The molecule has 3 aromatic rings. The zero-order valence-electron chi connectivity index (χ0n) is 17.6. The third-order valence-electron chi connectivity index (χ3n) is 6.11. The number of halogens is 1. The predicted molar refractivity (Wildman–Crippen MR) is 127 cm³/mol. The van der Waals surface area contributed by atoms with Gasteiger partial charge in [-0.2, -0.15) is 0 Å². The van der Waals surface area contributed by atoms with Crippen molar-refractivity contribution in [2.45, 2.75) is 59.0 Å². The fraction of sp³-hybridized carbons (Fsp3) is 0.333. The van der Waals surface area contributed by atoms with Gasteiger partial charge < -0.3 is 4.74 Å². The first-order chi connectivity index (χ1) is 14.1. The predicted octanol–water partition coefficient (Wildman–Crippen LogP) is 8.42. The number of hydrogen-bond donors (Lipinski definition) is 0. The molecule has 1 fully saturated rings. The smallest absolute Gasteiger partial charge is 0.134 e. The normalized spacial score (nSPS) is 14.8. The van der Waals surface area contributed by atoms with E-state index < -0.39 is 0 Å². The third kappa shape index (κ3) is 4.14. The highest BCUT2D eigenvalue weighted by molar-refractivity contribution is 9.10. The standard InChI is InChI=1S/C27H29BrO/c1-18-17-19(2)26(20(3)25(18)21-11-6-4-7-12-21)23-15-10-16-24(27(23)28)29-22-13-8-5-9-14-22/h4,6-7,10-12,15-17,22H,5,8-9,13-14H2,1-3H3. The lowest BCUT2D eigenvalue weighted by Gasteiger charge is -2.25. The van der Waals surface area contributed by atoms with Gasteiger partial charge in [-0.3, -0.25) is 0 Å². The minimum atomic E-state index is 0.343. The van der Waals surface area contributed by atoms with Gasteiger partial charge in [0.2, 0.25) is 0 Å². The minimum absolute atomic E-state index is 0.343. The van der Waals surface area contributed by atoms with Gasteiger partial charge in [0.25, 0.3) is 0 Å². The van der Waals surface area contributed by atoms with E-state index in [4.69, 9.17) is 4.74 Å². The molecule has 0 bridgehead atoms. The molecule has 1 nitrogen and oxygen atoms in total. The van der Waals surface area contributed by atoms with E-state index in [-0.39, 0.29) is 0 Å². The van der Waals surface area contributed by atoms with Crippen LogP contribution in [0.15, 0.2) is 59.1 Å². The van der Waals surface area contributed by atoms with E-state index in [1.54, 1.807) is 0 Å². The van der Waals surface area contributed by atoms with Crippen molar-refractivity contribution < 1.29 is 4.74 Å². The first kappa shape index (κ1) is 20.2. The molecule has 29 heavy (non-hydrogen) atoms. The van der Waals surface area contributed by atoms with Crippen LogP contribution < -0.4 is 4.74 Å². The van der Waals surface area contributed by atoms with Crippen molar-refractivity contribution in [3.05, 3.63) is 75.8 Å². The molecule has 0 atom stereocenters. The highest BCUT2D eigenvalue weighted by atomic mass is 79.9. The van der Waals surface area contributed by atoms with E-state index in [2.05, 4.69) is 91.3 Å². The van der Waals surface area contributed by atoms with E-state index in [9.17, 15) is 0 Å². The van der Waals surface area contributed by atoms with Crippen LogP contribution in [0.5, 0.6) is 5.75 Å². The van der Waals surface area contributed by atoms with Gasteiger partial charge in [-0.05, 0) is 102 Å². The summed E-state index contributed by atoms with van der Waals surface area (Å²) in [5, 5.41) is 0. The maximum Gasteiger partial charge on any atom is 0.134 e. The zero-order valence-corrected chi connectivity index (χ0v) is 19.2. The minimum Gasteiger partial charge on any atom is -0.489 e. The van der Waals surface area contributed by atoms with Gasteiger partial charge >= 0.3 is 0 Å². The average Bonchev–Trinajstić information content (AvgIpc) is 2.72. The zero-order chi connectivity index (χ0) is 20.4. The van der Waals surface area contributed by atoms with Crippen LogP contribution in [0.3, 0.4) is 0 Å². The molecule has 0 heterocycles. The lowest BCUT2D eigenvalue weighted by atomic mass is 9.86. The topological polar surface area (TPSA) is 9.23 Å². The van der Waals surface area contributed by atoms with E-state index in [1.807, 2.05) is 0 Å². The van der Waals surface area contributed by atoms with Crippen molar-refractivity contribution in [2.75, 3.05) is 0 Å². The fourth-order valence-electron chi connectivity index (χ4n) is 4.81. The summed E-state index contributed by atoms with van der Waals surface area (Å²) < 4.78 is 7.49. The van der Waals surface area contributed by atoms with Crippen molar-refractivity contribution in [1.82, 2.24) is 0 Å². The summed E-state index contributed by atoms with van der Waals surface area (Å²) in [6.45, 7) is 6.67. The Morgan fingerprint density at radius 1 is 0.793 bits per heavy atom. The first-order valence-electron chi connectivity index (χ1n) is 10.7. The molecule has 0 N–H and O–H groups in total. The summed E-state index contributed by atoms with van der Waals surface area (Å²) in [6, 6.07) is 19.4. The Bertz CT molecular complexity index is 1000. The quantitative estimate of drug-likeness (QED) is 0.388. The van der Waals surface area contributed by atoms with Crippen molar-refractivity contribution in [3.8, 4) is 28.0 Å². The third-order valence-corrected chi connectivity index (χ3v) is 6.93. The first-order valence-corrected chi connectivity index (χ1v) is 11.5. The van der Waals surface area contributed by atoms with Crippen LogP contribution in [0.2, 0.25) is 0 Å². The second-order valence-corrected chi connectivity index (χ2v) is 9.04. The van der Waals surface area contributed by atoms with Gasteiger partial charge in [-0.15, -0.1) is 0 Å². The van der Waals surface area contributed by atoms with Crippen molar-refractivity contribution in [3.63, 3.8) is 0 Å². The molecule has 0 amide bonds. The molecule has 0 unspecified atom stereocenters. The van der Waals surface area contributed by atoms with Crippen LogP contribution in [0.4, 0.5) is 0 Å². The number of ether oxygens (including phenoxy) is 1. The summed E-state index contributed by atoms with van der Waals surface area (Å²) in [6.07, 6.45) is 6.56. The van der Waals surface area contributed by atoms with Crippen molar-refractivity contribution in [1.29, 1.82) is 0 Å². The van der Waals surface area contributed by atoms with Crippen LogP contribution in [-0.2, 0) is 0 Å². The second kappa shape index (κ2) is 8.75. The summed E-state index contributed by atoms with van der Waals surface area (Å²) in [5.74, 6) is 0.968. The summed E-state index contributed by atoms with van der Waals surface area (Å²) in [5.41, 5.74) is 9.06. The van der Waals surface area contributed by atoms with E-state index in [1.165, 1.54) is 58.2 Å². The molecule has 0 aromatic heterocycles. The molecule has 4 rings (SSSR count). The van der Waals surface area contributed by atoms with Gasteiger partial charge in [0.05, 0.1) is 10.6 Å². The van der Waals surface area contributed by atoms with E-state index in [0.717, 1.165) is 23.1 Å². The summed E-state index contributed by atoms with van der Waals surface area (Å²) in [4.78, 5) is 0. The molecule has 0 spiro atoms. The lowest BCUT2D eigenvalue weighted by molar-refractivity contribution is 0.154. The maximum absolute atomic E-state index is 6.42. The van der Waals surface area contributed by atoms with Gasteiger partial charge in [0.15, 0.2) is 0 Å². The molecule has 0 aliphatic heterocycles. The average molecular weight is 449 g/mol. The van der Waals surface area contributed by atoms with Gasteiger partial charge in [0, 0.05) is 5.56 Å². The van der Waals surface area contributed by atoms with Gasteiger partial charge in [-0.25, -0.2) is 0 Å². The monoisotopic (exact) mass is 448 g/mol. The number of benzene rings is 3. The lowest BCUT2D eigenvalue weighted by Crippen LogP contribution is -2.19. The van der Waals surface area contributed by atoms with Crippen LogP contribution in [0.25, 0.3) is 22.3 Å². The molecule has 0 saturated heterocycles. The molecular formula is C27H29BrO. The van der Waals surface area contributed by atoms with Gasteiger partial charge in [0.1, 0.15) is 5.75 Å².